The molecule has 4 N–H and O–H groups in total. The van der Waals surface area contributed by atoms with Gasteiger partial charge in [-0.25, -0.2) is 4.79 Å². The Balaban J connectivity index is 1.28. The smallest absolute Gasteiger partial charge is 0.331 e. The van der Waals surface area contributed by atoms with Gasteiger partial charge in [0.15, 0.2) is 6.61 Å². The Hall–Kier alpha value is -4.15. The Morgan fingerprint density at radius 1 is 1.05 bits per heavy atom. The maximum Gasteiger partial charge on any atom is 0.331 e. The summed E-state index contributed by atoms with van der Waals surface area (Å²) in [6.45, 7) is 5.90. The van der Waals surface area contributed by atoms with E-state index in [2.05, 4.69) is 15.6 Å². The van der Waals surface area contributed by atoms with Crippen LogP contribution >= 0.6 is 0 Å². The molecular weight excluding hydrogens is 546 g/mol. The molecule has 0 saturated carbocycles. The van der Waals surface area contributed by atoms with Crippen molar-refractivity contribution in [3.05, 3.63) is 87.1 Å². The van der Waals surface area contributed by atoms with Crippen molar-refractivity contribution in [2.45, 2.75) is 70.7 Å². The number of rotatable bonds is 12. The van der Waals surface area contributed by atoms with Crippen LogP contribution in [0, 0.1) is 0 Å². The first-order chi connectivity index (χ1) is 20.8. The van der Waals surface area contributed by atoms with Crippen LogP contribution in [0.5, 0.6) is 5.75 Å². The summed E-state index contributed by atoms with van der Waals surface area (Å²) < 4.78 is 8.76. The fourth-order valence-electron chi connectivity index (χ4n) is 5.86. The minimum Gasteiger partial charge on any atom is -0.484 e. The highest BCUT2D eigenvalue weighted by molar-refractivity contribution is 5.82. The number of hydrogen-bond donors (Lipinski definition) is 4. The number of aliphatic hydroxyl groups is 1. The Labute approximate surface area is 250 Å². The van der Waals surface area contributed by atoms with Crippen LogP contribution in [-0.4, -0.2) is 56.5 Å². The van der Waals surface area contributed by atoms with Crippen LogP contribution in [0.2, 0.25) is 0 Å². The summed E-state index contributed by atoms with van der Waals surface area (Å²) >= 11 is 0. The Kier molecular flexibility index (Phi) is 9.47. The number of β-amino-alcohol motifs (C(OH)–C–C–N with tert-alkyl or cyclic N) is 1. The molecule has 2 aromatic carbocycles. The number of fused-ring (bicyclic) bond motifs is 1. The highest BCUT2D eigenvalue weighted by Crippen LogP contribution is 2.26. The molecule has 1 amide bonds. The quantitative estimate of drug-likeness (QED) is 0.201. The lowest BCUT2D eigenvalue weighted by Gasteiger charge is -2.40. The summed E-state index contributed by atoms with van der Waals surface area (Å²) in [5.41, 5.74) is 1.93. The van der Waals surface area contributed by atoms with E-state index in [0.717, 1.165) is 30.5 Å². The fraction of sp³-hybridized carbons (Fsp3) is 0.424. The van der Waals surface area contributed by atoms with Gasteiger partial charge in [0.05, 0.1) is 17.2 Å². The first kappa shape index (κ1) is 30.3. The molecule has 10 nitrogen and oxygen atoms in total. The van der Waals surface area contributed by atoms with Crippen LogP contribution in [0.1, 0.15) is 45.1 Å². The standard InChI is InChI=1S/C33H41N5O5/c1-3-17-37-27-20-26(35-30(27)31(40)38(18-4-2)32(37)41)24-11-13-25(14-12-24)43-21-29(39)36-28(19-23-9-6-5-7-10-23)33(42)15-8-16-34-22-33/h5-7,9-14,20,28,34-35,42H,3-4,8,15-19,21-22H2,1-2H3,(H,36,39). The number of aromatic nitrogens is 3. The molecule has 2 unspecified atom stereocenters. The number of hydrogen-bond acceptors (Lipinski definition) is 6. The summed E-state index contributed by atoms with van der Waals surface area (Å²) in [7, 11) is 0. The highest BCUT2D eigenvalue weighted by Gasteiger charge is 2.39. The summed E-state index contributed by atoms with van der Waals surface area (Å²) in [5, 5.41) is 17.6. The Morgan fingerprint density at radius 2 is 1.77 bits per heavy atom. The zero-order chi connectivity index (χ0) is 30.4. The van der Waals surface area contributed by atoms with E-state index in [-0.39, 0.29) is 23.8 Å². The van der Waals surface area contributed by atoms with Crippen molar-refractivity contribution in [1.82, 2.24) is 24.8 Å². The van der Waals surface area contributed by atoms with E-state index in [1.54, 1.807) is 16.7 Å². The number of amides is 1. The Bertz CT molecular complexity index is 1650. The molecule has 228 valence electrons. The molecule has 0 bridgehead atoms. The van der Waals surface area contributed by atoms with Crippen molar-refractivity contribution in [3.63, 3.8) is 0 Å². The van der Waals surface area contributed by atoms with E-state index in [1.807, 2.05) is 62.4 Å². The average molecular weight is 588 g/mol. The van der Waals surface area contributed by atoms with Gasteiger partial charge >= 0.3 is 5.69 Å². The van der Waals surface area contributed by atoms with Gasteiger partial charge in [-0.05, 0) is 80.1 Å². The molecule has 0 radical (unpaired) electrons. The minimum absolute atomic E-state index is 0.194. The van der Waals surface area contributed by atoms with Crippen molar-refractivity contribution in [1.29, 1.82) is 0 Å². The summed E-state index contributed by atoms with van der Waals surface area (Å²) in [5.74, 6) is 0.206. The number of carbonyl (C=O) groups excluding carboxylic acids is 1. The third kappa shape index (κ3) is 6.76. The molecule has 2 aromatic heterocycles. The van der Waals surface area contributed by atoms with Crippen molar-refractivity contribution in [2.75, 3.05) is 19.7 Å². The summed E-state index contributed by atoms with van der Waals surface area (Å²) in [6, 6.07) is 18.4. The molecule has 1 aliphatic heterocycles. The highest BCUT2D eigenvalue weighted by atomic mass is 16.5. The fourth-order valence-corrected chi connectivity index (χ4v) is 5.86. The maximum absolute atomic E-state index is 13.1. The first-order valence-electron chi connectivity index (χ1n) is 15.2. The van der Waals surface area contributed by atoms with E-state index in [1.165, 1.54) is 4.57 Å². The lowest BCUT2D eigenvalue weighted by atomic mass is 9.83. The van der Waals surface area contributed by atoms with Gasteiger partial charge in [-0.15, -0.1) is 0 Å². The molecule has 0 aliphatic carbocycles. The van der Waals surface area contributed by atoms with Gasteiger partial charge in [0.1, 0.15) is 11.3 Å². The van der Waals surface area contributed by atoms with Gasteiger partial charge in [-0.3, -0.25) is 18.7 Å². The van der Waals surface area contributed by atoms with E-state index >= 15 is 0 Å². The van der Waals surface area contributed by atoms with Gasteiger partial charge in [0.25, 0.3) is 11.5 Å². The topological polar surface area (TPSA) is 130 Å². The molecule has 2 atom stereocenters. The molecule has 10 heteroatoms. The van der Waals surface area contributed by atoms with Gasteiger partial charge in [0.2, 0.25) is 0 Å². The second-order valence-corrected chi connectivity index (χ2v) is 11.3. The van der Waals surface area contributed by atoms with Crippen molar-refractivity contribution >= 4 is 16.9 Å². The molecule has 3 heterocycles. The molecule has 1 fully saturated rings. The van der Waals surface area contributed by atoms with Crippen LogP contribution in [-0.2, 0) is 24.3 Å². The number of ether oxygens (including phenoxy) is 1. The average Bonchev–Trinajstić information content (AvgIpc) is 3.47. The molecule has 1 aliphatic rings. The van der Waals surface area contributed by atoms with Crippen LogP contribution < -0.4 is 26.6 Å². The van der Waals surface area contributed by atoms with Crippen molar-refractivity contribution in [3.8, 4) is 17.0 Å². The van der Waals surface area contributed by atoms with Gasteiger partial charge in [-0.2, -0.15) is 0 Å². The third-order valence-electron chi connectivity index (χ3n) is 8.10. The second-order valence-electron chi connectivity index (χ2n) is 11.3. The van der Waals surface area contributed by atoms with E-state index < -0.39 is 11.6 Å². The number of carbonyl (C=O) groups is 1. The SMILES string of the molecule is CCCn1c(=O)c2[nH]c(-c3ccc(OCC(=O)NC(Cc4ccccc4)C4(O)CCCNC4)cc3)cc2n(CCC)c1=O. The van der Waals surface area contributed by atoms with Crippen molar-refractivity contribution in [2.24, 2.45) is 0 Å². The van der Waals surface area contributed by atoms with Crippen LogP contribution in [0.25, 0.3) is 22.3 Å². The molecular formula is C33H41N5O5. The lowest BCUT2D eigenvalue weighted by molar-refractivity contribution is -0.126. The zero-order valence-electron chi connectivity index (χ0n) is 24.9. The van der Waals surface area contributed by atoms with Crippen LogP contribution in [0.15, 0.2) is 70.3 Å². The van der Waals surface area contributed by atoms with Gasteiger partial charge in [0, 0.05) is 25.3 Å². The van der Waals surface area contributed by atoms with Gasteiger partial charge in [-0.1, -0.05) is 44.2 Å². The number of H-pyrrole nitrogens is 1. The molecule has 4 aromatic rings. The lowest BCUT2D eigenvalue weighted by Crippen LogP contribution is -2.61. The van der Waals surface area contributed by atoms with Gasteiger partial charge < -0.3 is 25.5 Å². The molecule has 5 rings (SSSR count). The van der Waals surface area contributed by atoms with Crippen molar-refractivity contribution < 1.29 is 14.6 Å². The number of aryl methyl sites for hydroxylation is 1. The molecule has 0 spiro atoms. The monoisotopic (exact) mass is 587 g/mol. The van der Waals surface area contributed by atoms with E-state index in [9.17, 15) is 19.5 Å². The number of benzene rings is 2. The first-order valence-corrected chi connectivity index (χ1v) is 15.2. The van der Waals surface area contributed by atoms with E-state index in [4.69, 9.17) is 4.74 Å². The molecule has 43 heavy (non-hydrogen) atoms. The number of nitrogens with one attached hydrogen (secondary N) is 3. The maximum atomic E-state index is 13.1. The zero-order valence-corrected chi connectivity index (χ0v) is 24.9. The normalized spacial score (nSPS) is 17.6. The Morgan fingerprint density at radius 3 is 2.44 bits per heavy atom. The largest absolute Gasteiger partial charge is 0.484 e. The second kappa shape index (κ2) is 13.4. The molecule has 1 saturated heterocycles. The number of nitrogens with zero attached hydrogens (tertiary/aromatic N) is 2. The van der Waals surface area contributed by atoms with E-state index in [0.29, 0.717) is 61.4 Å². The van der Waals surface area contributed by atoms with Crippen LogP contribution in [0.4, 0.5) is 0 Å². The summed E-state index contributed by atoms with van der Waals surface area (Å²) in [4.78, 5) is 42.3. The number of aromatic amines is 1. The predicted molar refractivity (Wildman–Crippen MR) is 167 cm³/mol. The third-order valence-corrected chi connectivity index (χ3v) is 8.10. The minimum atomic E-state index is -1.05. The number of piperidine rings is 1. The summed E-state index contributed by atoms with van der Waals surface area (Å²) in [6.07, 6.45) is 3.41. The predicted octanol–water partition coefficient (Wildman–Crippen LogP) is 3.20. The van der Waals surface area contributed by atoms with Crippen LogP contribution in [0.3, 0.4) is 0 Å².